The zero-order valence-electron chi connectivity index (χ0n) is 15.2. The van der Waals surface area contributed by atoms with Gasteiger partial charge in [0.15, 0.2) is 0 Å². The van der Waals surface area contributed by atoms with Crippen molar-refractivity contribution < 1.29 is 4.39 Å². The number of rotatable bonds is 2. The third-order valence-electron chi connectivity index (χ3n) is 5.32. The Morgan fingerprint density at radius 1 is 1.07 bits per heavy atom. The Hall–Kier alpha value is -2.83. The lowest BCUT2D eigenvalue weighted by Gasteiger charge is -2.18. The van der Waals surface area contributed by atoms with E-state index in [1.807, 2.05) is 12.1 Å². The molecule has 0 aliphatic carbocycles. The van der Waals surface area contributed by atoms with E-state index in [1.54, 1.807) is 23.5 Å². The standard InChI is InChI=1S/C22H19FN4S/c23-22-16(18-7-8-21(24)27-26-18)6-5-14-15(9-10-25-12-17(14)22)20-11-13-3-1-2-4-19(13)28-20/h1-8,11,15,25H,9-10,12H2,(H2,24,27). The van der Waals surface area contributed by atoms with Gasteiger partial charge in [0.25, 0.3) is 0 Å². The van der Waals surface area contributed by atoms with Gasteiger partial charge in [-0.2, -0.15) is 0 Å². The van der Waals surface area contributed by atoms with Crippen LogP contribution in [0.25, 0.3) is 21.3 Å². The molecule has 1 atom stereocenters. The van der Waals surface area contributed by atoms with Crippen molar-refractivity contribution >= 4 is 27.2 Å². The van der Waals surface area contributed by atoms with Gasteiger partial charge in [0, 0.05) is 33.2 Å². The van der Waals surface area contributed by atoms with Crippen LogP contribution in [0.5, 0.6) is 0 Å². The number of benzene rings is 2. The third kappa shape index (κ3) is 2.95. The smallest absolute Gasteiger partial charge is 0.146 e. The van der Waals surface area contributed by atoms with Crippen molar-refractivity contribution in [3.63, 3.8) is 0 Å². The zero-order chi connectivity index (χ0) is 19.1. The molecule has 0 saturated carbocycles. The summed E-state index contributed by atoms with van der Waals surface area (Å²) < 4.78 is 16.7. The topological polar surface area (TPSA) is 63.8 Å². The minimum Gasteiger partial charge on any atom is -0.382 e. The predicted molar refractivity (Wildman–Crippen MR) is 112 cm³/mol. The first kappa shape index (κ1) is 17.3. The molecule has 0 saturated heterocycles. The molecule has 28 heavy (non-hydrogen) atoms. The molecule has 0 amide bonds. The summed E-state index contributed by atoms with van der Waals surface area (Å²) in [5, 5.41) is 12.5. The number of nitrogens with zero attached hydrogens (tertiary/aromatic N) is 2. The van der Waals surface area contributed by atoms with Gasteiger partial charge >= 0.3 is 0 Å². The number of thiophene rings is 1. The van der Waals surface area contributed by atoms with E-state index < -0.39 is 0 Å². The summed E-state index contributed by atoms with van der Waals surface area (Å²) >= 11 is 1.80. The van der Waals surface area contributed by atoms with Crippen LogP contribution in [0.3, 0.4) is 0 Å². The van der Waals surface area contributed by atoms with Crippen LogP contribution in [-0.4, -0.2) is 16.7 Å². The maximum absolute atomic E-state index is 15.5. The second-order valence-corrected chi connectivity index (χ2v) is 8.16. The molecule has 3 heterocycles. The summed E-state index contributed by atoms with van der Waals surface area (Å²) in [5.41, 5.74) is 8.35. The predicted octanol–water partition coefficient (Wildman–Crippen LogP) is 4.70. The van der Waals surface area contributed by atoms with Gasteiger partial charge in [0.1, 0.15) is 11.6 Å². The van der Waals surface area contributed by atoms with Crippen LogP contribution in [0.1, 0.15) is 28.3 Å². The van der Waals surface area contributed by atoms with E-state index >= 15 is 4.39 Å². The molecule has 2 aromatic carbocycles. The minimum absolute atomic E-state index is 0.184. The highest BCUT2D eigenvalue weighted by Gasteiger charge is 2.26. The van der Waals surface area contributed by atoms with Crippen molar-refractivity contribution in [2.45, 2.75) is 18.9 Å². The van der Waals surface area contributed by atoms with Crippen molar-refractivity contribution in [1.29, 1.82) is 0 Å². The molecule has 0 bridgehead atoms. The first-order chi connectivity index (χ1) is 13.7. The van der Waals surface area contributed by atoms with Crippen LogP contribution in [0.2, 0.25) is 0 Å². The molecule has 5 rings (SSSR count). The number of hydrogen-bond donors (Lipinski definition) is 2. The number of aromatic nitrogens is 2. The summed E-state index contributed by atoms with van der Waals surface area (Å²) in [6.07, 6.45) is 0.945. The van der Waals surface area contributed by atoms with Gasteiger partial charge in [0.05, 0.1) is 5.69 Å². The van der Waals surface area contributed by atoms with Crippen molar-refractivity contribution in [1.82, 2.24) is 15.5 Å². The molecule has 0 fully saturated rings. The molecule has 3 N–H and O–H groups in total. The quantitative estimate of drug-likeness (QED) is 0.521. The van der Waals surface area contributed by atoms with Crippen LogP contribution >= 0.6 is 11.3 Å². The van der Waals surface area contributed by atoms with Crippen LogP contribution in [-0.2, 0) is 6.54 Å². The van der Waals surface area contributed by atoms with E-state index in [4.69, 9.17) is 5.73 Å². The van der Waals surface area contributed by atoms with E-state index in [1.165, 1.54) is 15.0 Å². The van der Waals surface area contributed by atoms with Crippen LogP contribution < -0.4 is 11.1 Å². The first-order valence-electron chi connectivity index (χ1n) is 9.31. The second-order valence-electron chi connectivity index (χ2n) is 7.04. The molecule has 1 aliphatic rings. The fraction of sp³-hybridized carbons (Fsp3) is 0.182. The summed E-state index contributed by atoms with van der Waals surface area (Å²) in [6.45, 7) is 1.36. The molecule has 0 radical (unpaired) electrons. The second kappa shape index (κ2) is 6.96. The molecular weight excluding hydrogens is 371 g/mol. The van der Waals surface area contributed by atoms with Gasteiger partial charge in [-0.1, -0.05) is 24.3 Å². The lowest BCUT2D eigenvalue weighted by atomic mass is 9.89. The van der Waals surface area contributed by atoms with Crippen molar-refractivity contribution in [2.75, 3.05) is 12.3 Å². The Morgan fingerprint density at radius 2 is 1.96 bits per heavy atom. The van der Waals surface area contributed by atoms with Crippen molar-refractivity contribution in [2.24, 2.45) is 0 Å². The summed E-state index contributed by atoms with van der Waals surface area (Å²) in [6, 6.07) is 17.9. The van der Waals surface area contributed by atoms with Crippen molar-refractivity contribution in [3.05, 3.63) is 76.4 Å². The van der Waals surface area contributed by atoms with E-state index in [9.17, 15) is 0 Å². The Kier molecular flexibility index (Phi) is 4.30. The Labute approximate surface area is 166 Å². The van der Waals surface area contributed by atoms with E-state index in [-0.39, 0.29) is 11.7 Å². The molecular formula is C22H19FN4S. The van der Waals surface area contributed by atoms with Gasteiger partial charge in [-0.15, -0.1) is 21.5 Å². The maximum Gasteiger partial charge on any atom is 0.146 e. The average molecular weight is 390 g/mol. The van der Waals surface area contributed by atoms with Gasteiger partial charge in [-0.3, -0.25) is 0 Å². The monoisotopic (exact) mass is 390 g/mol. The largest absolute Gasteiger partial charge is 0.382 e. The van der Waals surface area contributed by atoms with E-state index in [0.717, 1.165) is 24.1 Å². The van der Waals surface area contributed by atoms with Gasteiger partial charge in [0.2, 0.25) is 0 Å². The maximum atomic E-state index is 15.5. The average Bonchev–Trinajstić information content (AvgIpc) is 3.02. The number of nitrogens with one attached hydrogen (secondary N) is 1. The highest BCUT2D eigenvalue weighted by Crippen LogP contribution is 2.40. The third-order valence-corrected chi connectivity index (χ3v) is 6.55. The number of fused-ring (bicyclic) bond motifs is 2. The highest BCUT2D eigenvalue weighted by molar-refractivity contribution is 7.19. The molecule has 4 nitrogen and oxygen atoms in total. The lowest BCUT2D eigenvalue weighted by Crippen LogP contribution is -2.13. The normalized spacial score (nSPS) is 16.7. The molecule has 2 aromatic heterocycles. The summed E-state index contributed by atoms with van der Waals surface area (Å²) in [5.74, 6) is 0.283. The number of anilines is 1. The van der Waals surface area contributed by atoms with Crippen molar-refractivity contribution in [3.8, 4) is 11.3 Å². The van der Waals surface area contributed by atoms with E-state index in [2.05, 4.69) is 45.8 Å². The first-order valence-corrected chi connectivity index (χ1v) is 10.1. The minimum atomic E-state index is -0.225. The van der Waals surface area contributed by atoms with Crippen LogP contribution in [0.4, 0.5) is 10.2 Å². The van der Waals surface area contributed by atoms with Gasteiger partial charge in [-0.25, -0.2) is 4.39 Å². The van der Waals surface area contributed by atoms with Gasteiger partial charge in [-0.05, 0) is 54.2 Å². The lowest BCUT2D eigenvalue weighted by molar-refractivity contribution is 0.596. The summed E-state index contributed by atoms with van der Waals surface area (Å²) in [4.78, 5) is 1.28. The summed E-state index contributed by atoms with van der Waals surface area (Å²) in [7, 11) is 0. The molecule has 0 spiro atoms. The Balaban J connectivity index is 1.62. The van der Waals surface area contributed by atoms with Crippen LogP contribution in [0.15, 0.2) is 54.6 Å². The molecule has 1 unspecified atom stereocenters. The Morgan fingerprint density at radius 3 is 2.79 bits per heavy atom. The number of hydrogen-bond acceptors (Lipinski definition) is 5. The molecule has 4 aromatic rings. The zero-order valence-corrected chi connectivity index (χ0v) is 16.0. The fourth-order valence-corrected chi connectivity index (χ4v) is 5.13. The molecule has 140 valence electrons. The molecule has 6 heteroatoms. The fourth-order valence-electron chi connectivity index (χ4n) is 3.91. The number of nitrogen functional groups attached to an aromatic ring is 1. The number of halogens is 1. The Bertz CT molecular complexity index is 1120. The number of nitrogens with two attached hydrogens (primary N) is 1. The molecule has 1 aliphatic heterocycles. The van der Waals surface area contributed by atoms with E-state index in [0.29, 0.717) is 23.6 Å². The highest BCUT2D eigenvalue weighted by atomic mass is 32.1. The van der Waals surface area contributed by atoms with Crippen LogP contribution in [0, 0.1) is 5.82 Å². The SMILES string of the molecule is Nc1ccc(-c2ccc3c(c2F)CNCCC3c2cc3ccccc3s2)nn1. The van der Waals surface area contributed by atoms with Gasteiger partial charge < -0.3 is 11.1 Å².